The summed E-state index contributed by atoms with van der Waals surface area (Å²) < 4.78 is 22.2. The molecule has 0 aliphatic carbocycles. The van der Waals surface area contributed by atoms with Crippen LogP contribution in [0.4, 0.5) is 5.69 Å². The number of nitrogens with zero attached hydrogens (tertiary/aromatic N) is 1. The van der Waals surface area contributed by atoms with E-state index >= 15 is 0 Å². The van der Waals surface area contributed by atoms with Crippen molar-refractivity contribution in [3.63, 3.8) is 0 Å². The predicted molar refractivity (Wildman–Crippen MR) is 57.2 cm³/mol. The van der Waals surface area contributed by atoms with Crippen molar-refractivity contribution in [1.29, 1.82) is 0 Å². The quantitative estimate of drug-likeness (QED) is 0.832. The number of rotatable bonds is 2. The van der Waals surface area contributed by atoms with Crippen LogP contribution in [-0.2, 0) is 10.0 Å². The third-order valence-corrected chi connectivity index (χ3v) is 3.13. The van der Waals surface area contributed by atoms with E-state index in [0.717, 1.165) is 5.69 Å². The lowest BCUT2D eigenvalue weighted by molar-refractivity contribution is 0.598. The van der Waals surface area contributed by atoms with Gasteiger partial charge in [0, 0.05) is 19.8 Å². The van der Waals surface area contributed by atoms with Crippen LogP contribution < -0.4 is 10.0 Å². The number of hydrogen-bond donors (Lipinski definition) is 1. The van der Waals surface area contributed by atoms with Crippen LogP contribution in [0.5, 0.6) is 0 Å². The number of anilines is 1. The van der Waals surface area contributed by atoms with Crippen molar-refractivity contribution in [2.45, 2.75) is 4.90 Å². The Morgan fingerprint density at radius 3 is 2.36 bits per heavy atom. The number of sulfonamides is 1. The van der Waals surface area contributed by atoms with Gasteiger partial charge in [0.2, 0.25) is 10.0 Å². The average molecular weight is 235 g/mol. The minimum atomic E-state index is -3.75. The molecule has 78 valence electrons. The molecule has 0 spiro atoms. The Balaban J connectivity index is 3.37. The van der Waals surface area contributed by atoms with Crippen LogP contribution in [-0.4, -0.2) is 22.5 Å². The first-order chi connectivity index (χ1) is 6.32. The van der Waals surface area contributed by atoms with Crippen molar-refractivity contribution >= 4 is 27.3 Å². The molecule has 0 saturated carbocycles. The Hall–Kier alpha value is -0.780. The summed E-state index contributed by atoms with van der Waals surface area (Å²) in [6.07, 6.45) is 0. The van der Waals surface area contributed by atoms with Gasteiger partial charge in [-0.3, -0.25) is 0 Å². The summed E-state index contributed by atoms with van der Waals surface area (Å²) in [5.41, 5.74) is 0.735. The fraction of sp³-hybridized carbons (Fsp3) is 0.250. The van der Waals surface area contributed by atoms with E-state index in [1.165, 1.54) is 12.1 Å². The van der Waals surface area contributed by atoms with Crippen LogP contribution in [0.2, 0.25) is 5.02 Å². The van der Waals surface area contributed by atoms with Gasteiger partial charge in [-0.2, -0.15) is 0 Å². The fourth-order valence-corrected chi connectivity index (χ4v) is 2.05. The second-order valence-corrected chi connectivity index (χ2v) is 4.99. The van der Waals surface area contributed by atoms with Crippen molar-refractivity contribution in [2.75, 3.05) is 19.0 Å². The first-order valence-electron chi connectivity index (χ1n) is 3.82. The standard InChI is InChI=1S/C8H11ClN2O2S/c1-11(2)6-3-4-7(9)8(5-6)14(10,12)13/h3-5H,1-2H3,(H2,10,12,13). The van der Waals surface area contributed by atoms with Crippen molar-refractivity contribution in [3.05, 3.63) is 23.2 Å². The molecule has 0 saturated heterocycles. The van der Waals surface area contributed by atoms with Crippen molar-refractivity contribution in [3.8, 4) is 0 Å². The van der Waals surface area contributed by atoms with E-state index in [4.69, 9.17) is 16.7 Å². The molecule has 6 heteroatoms. The van der Waals surface area contributed by atoms with E-state index in [1.807, 2.05) is 0 Å². The van der Waals surface area contributed by atoms with E-state index in [2.05, 4.69) is 0 Å². The topological polar surface area (TPSA) is 63.4 Å². The molecule has 1 rings (SSSR count). The van der Waals surface area contributed by atoms with Gasteiger partial charge in [0.15, 0.2) is 0 Å². The second kappa shape index (κ2) is 3.76. The van der Waals surface area contributed by atoms with Crippen LogP contribution in [0, 0.1) is 0 Å². The van der Waals surface area contributed by atoms with Gasteiger partial charge in [0.1, 0.15) is 4.90 Å². The maximum atomic E-state index is 11.1. The summed E-state index contributed by atoms with van der Waals surface area (Å²) >= 11 is 5.71. The molecule has 0 amide bonds. The largest absolute Gasteiger partial charge is 0.378 e. The summed E-state index contributed by atoms with van der Waals surface area (Å²) in [6, 6.07) is 4.67. The fourth-order valence-electron chi connectivity index (χ4n) is 0.988. The zero-order valence-corrected chi connectivity index (χ0v) is 9.43. The smallest absolute Gasteiger partial charge is 0.239 e. The van der Waals surface area contributed by atoms with Crippen LogP contribution in [0.25, 0.3) is 0 Å². The lowest BCUT2D eigenvalue weighted by Gasteiger charge is -2.13. The molecule has 14 heavy (non-hydrogen) atoms. The molecule has 0 aliphatic heterocycles. The maximum Gasteiger partial charge on any atom is 0.239 e. The van der Waals surface area contributed by atoms with Crippen molar-refractivity contribution in [1.82, 2.24) is 0 Å². The van der Waals surface area contributed by atoms with Gasteiger partial charge in [-0.05, 0) is 18.2 Å². The molecule has 1 aromatic carbocycles. The molecule has 4 nitrogen and oxygen atoms in total. The van der Waals surface area contributed by atoms with E-state index < -0.39 is 10.0 Å². The summed E-state index contributed by atoms with van der Waals surface area (Å²) in [6.45, 7) is 0. The molecule has 0 bridgehead atoms. The predicted octanol–water partition coefficient (Wildman–Crippen LogP) is 1.05. The van der Waals surface area contributed by atoms with Gasteiger partial charge >= 0.3 is 0 Å². The average Bonchev–Trinajstić information content (AvgIpc) is 2.02. The number of primary sulfonamides is 1. The molecule has 2 N–H and O–H groups in total. The van der Waals surface area contributed by atoms with Crippen molar-refractivity contribution < 1.29 is 8.42 Å². The number of benzene rings is 1. The molecule has 0 unspecified atom stereocenters. The first kappa shape index (κ1) is 11.3. The SMILES string of the molecule is CN(C)c1ccc(Cl)c(S(N)(=O)=O)c1. The Labute approximate surface area is 88.3 Å². The Morgan fingerprint density at radius 2 is 1.93 bits per heavy atom. The highest BCUT2D eigenvalue weighted by atomic mass is 35.5. The highest BCUT2D eigenvalue weighted by Gasteiger charge is 2.13. The van der Waals surface area contributed by atoms with Crippen LogP contribution >= 0.6 is 11.6 Å². The summed E-state index contributed by atoms with van der Waals surface area (Å²) in [5.74, 6) is 0. The highest BCUT2D eigenvalue weighted by molar-refractivity contribution is 7.89. The Kier molecular flexibility index (Phi) is 3.04. The number of halogens is 1. The van der Waals surface area contributed by atoms with E-state index in [-0.39, 0.29) is 9.92 Å². The second-order valence-electron chi connectivity index (χ2n) is 3.05. The molecule has 0 fully saturated rings. The molecule has 0 atom stereocenters. The summed E-state index contributed by atoms with van der Waals surface area (Å²) in [7, 11) is -0.145. The number of hydrogen-bond acceptors (Lipinski definition) is 3. The third-order valence-electron chi connectivity index (χ3n) is 1.74. The van der Waals surface area contributed by atoms with Gasteiger partial charge in [-0.25, -0.2) is 13.6 Å². The van der Waals surface area contributed by atoms with Crippen LogP contribution in [0.3, 0.4) is 0 Å². The van der Waals surface area contributed by atoms with Gasteiger partial charge in [-0.15, -0.1) is 0 Å². The Morgan fingerprint density at radius 1 is 1.36 bits per heavy atom. The molecule has 0 heterocycles. The number of nitrogens with two attached hydrogens (primary N) is 1. The minimum Gasteiger partial charge on any atom is -0.378 e. The minimum absolute atomic E-state index is 0.0506. The zero-order chi connectivity index (χ0) is 10.9. The Bertz CT molecular complexity index is 443. The maximum absolute atomic E-state index is 11.1. The molecular formula is C8H11ClN2O2S. The van der Waals surface area contributed by atoms with Crippen molar-refractivity contribution in [2.24, 2.45) is 5.14 Å². The summed E-state index contributed by atoms with van der Waals surface area (Å²) in [4.78, 5) is 1.72. The van der Waals surface area contributed by atoms with Crippen LogP contribution in [0.15, 0.2) is 23.1 Å². The van der Waals surface area contributed by atoms with E-state index in [0.29, 0.717) is 0 Å². The lowest BCUT2D eigenvalue weighted by Crippen LogP contribution is -2.15. The first-order valence-corrected chi connectivity index (χ1v) is 5.74. The van der Waals surface area contributed by atoms with Gasteiger partial charge < -0.3 is 4.90 Å². The van der Waals surface area contributed by atoms with E-state index in [9.17, 15) is 8.42 Å². The molecule has 0 aliphatic rings. The molecule has 0 aromatic heterocycles. The summed E-state index contributed by atoms with van der Waals surface area (Å²) in [5, 5.41) is 5.13. The molecule has 1 aromatic rings. The molecular weight excluding hydrogens is 224 g/mol. The monoisotopic (exact) mass is 234 g/mol. The van der Waals surface area contributed by atoms with E-state index in [1.54, 1.807) is 25.1 Å². The van der Waals surface area contributed by atoms with Crippen LogP contribution in [0.1, 0.15) is 0 Å². The highest BCUT2D eigenvalue weighted by Crippen LogP contribution is 2.24. The van der Waals surface area contributed by atoms with Gasteiger partial charge in [0.25, 0.3) is 0 Å². The van der Waals surface area contributed by atoms with Gasteiger partial charge in [0.05, 0.1) is 5.02 Å². The zero-order valence-electron chi connectivity index (χ0n) is 7.86. The third kappa shape index (κ3) is 2.37. The normalized spacial score (nSPS) is 11.4. The molecule has 0 radical (unpaired) electrons. The lowest BCUT2D eigenvalue weighted by atomic mass is 10.3. The van der Waals surface area contributed by atoms with Gasteiger partial charge in [-0.1, -0.05) is 11.6 Å².